The zero-order chi connectivity index (χ0) is 103. The third kappa shape index (κ3) is 22.0. The maximum Gasteiger partial charge on any atom is 0.135 e. The minimum Gasteiger partial charge on any atom is -0.398 e. The van der Waals surface area contributed by atoms with Crippen molar-refractivity contribution in [2.75, 3.05) is 55.3 Å². The zero-order valence-electron chi connectivity index (χ0n) is 80.1. The van der Waals surface area contributed by atoms with Gasteiger partial charge in [-0.05, 0) is 207 Å². The Balaban J connectivity index is 0.000000130. The number of nitrogens with one attached hydrogen (secondary N) is 5. The molecule has 20 rings (SSSR count). The van der Waals surface area contributed by atoms with Crippen LogP contribution in [-0.4, -0.2) is 73.8 Å². The lowest BCUT2D eigenvalue weighted by atomic mass is 9.97. The Morgan fingerprint density at radius 3 is 0.869 bits per heavy atom. The molecule has 10 aromatic carbocycles. The van der Waals surface area contributed by atoms with E-state index in [1.807, 2.05) is 191 Å². The molecule has 5 atom stereocenters. The van der Waals surface area contributed by atoms with E-state index in [2.05, 4.69) is 132 Å². The second-order valence-electron chi connectivity index (χ2n) is 34.5. The van der Waals surface area contributed by atoms with Gasteiger partial charge in [-0.3, -0.25) is 23.4 Å². The lowest BCUT2D eigenvalue weighted by Gasteiger charge is -2.16. The van der Waals surface area contributed by atoms with Crippen LogP contribution in [0, 0.1) is 91.3 Å². The summed E-state index contributed by atoms with van der Waals surface area (Å²) >= 11 is 33.4. The molecule has 0 saturated carbocycles. The average molecular weight is 2010 g/mol. The van der Waals surface area contributed by atoms with Crippen molar-refractivity contribution in [2.24, 2.45) is 0 Å². The molecular formula is C110H95Cl5N30. The van der Waals surface area contributed by atoms with E-state index in [0.717, 1.165) is 144 Å². The summed E-state index contributed by atoms with van der Waals surface area (Å²) in [6.07, 6.45) is 25.7. The predicted octanol–water partition coefficient (Wildman–Crippen LogP) is 27.4. The SMILES string of the molecule is Cc1ccccc1-c1c(Cl)c(N)c2cnc(Nc3cnn(C(C)C#N)c3)cc2c1Cl.Cc1ccccc1-c1cc(N)c2cnc(Nc3cnn(C(C)C#N)c3)cc2c1Cl.Cc1ccccc1-c1cc(N)c2cnc(Nc3cnn([C@H](C)C#N)c3)cc2c1.Cc1ccccc1-c1cc2cc(Nc3cnn([C@@H](C)C#N)c3)ncc2c(N)c1Cl.Cc1ccccc1-c1cc2cc(Nc3cnn([C@H](C)C#N)c3)ncc2c(N)c1Cl. The third-order valence-electron chi connectivity index (χ3n) is 24.4. The highest BCUT2D eigenvalue weighted by molar-refractivity contribution is 6.46. The Kier molecular flexibility index (Phi) is 30.4. The number of pyridine rings is 5. The van der Waals surface area contributed by atoms with E-state index in [1.54, 1.807) is 151 Å². The van der Waals surface area contributed by atoms with Crippen LogP contribution >= 0.6 is 58.0 Å². The van der Waals surface area contributed by atoms with E-state index in [1.165, 1.54) is 5.56 Å². The van der Waals surface area contributed by atoms with E-state index >= 15 is 0 Å². The third-order valence-corrected chi connectivity index (χ3v) is 26.4. The van der Waals surface area contributed by atoms with Crippen LogP contribution in [0.1, 0.15) is 92.6 Å². The lowest BCUT2D eigenvalue weighted by molar-refractivity contribution is 0.591. The van der Waals surface area contributed by atoms with E-state index in [0.29, 0.717) is 99.3 Å². The van der Waals surface area contributed by atoms with E-state index in [4.69, 9.17) is 113 Å². The molecule has 0 spiro atoms. The molecule has 0 saturated heterocycles. The van der Waals surface area contributed by atoms with Gasteiger partial charge in [0.05, 0.1) is 132 Å². The number of anilines is 15. The monoisotopic (exact) mass is 2010 g/mol. The molecule has 0 aliphatic rings. The fourth-order valence-corrected chi connectivity index (χ4v) is 17.9. The number of nitrogens with two attached hydrogens (primary N) is 5. The fraction of sp³-hybridized carbons (Fsp3) is 0.136. The highest BCUT2D eigenvalue weighted by Gasteiger charge is 2.24. The topological polar surface area (TPSA) is 463 Å². The van der Waals surface area contributed by atoms with Crippen LogP contribution in [0.4, 0.5) is 86.0 Å². The molecule has 0 amide bonds. The Bertz CT molecular complexity index is 8290. The van der Waals surface area contributed by atoms with Gasteiger partial charge in [-0.25, -0.2) is 24.9 Å². The molecule has 0 radical (unpaired) electrons. The molecule has 720 valence electrons. The molecule has 15 N–H and O–H groups in total. The van der Waals surface area contributed by atoms with Gasteiger partial charge in [0.2, 0.25) is 0 Å². The standard InChI is InChI=1S/C22H18Cl2N6.3C22H19ClN6.C22H20N6/c1-12-5-3-4-6-15(12)19-20(23)16-7-18(27-10-17(16)22(26)21(19)24)29-14-9-28-30(11-14)13(2)8-25;1-13-5-3-4-6-16(13)17-7-20(25)19-11-26-21(8-18(19)22(17)23)28-15-10-27-29(12-15)14(2)9-24;2*1-13-5-3-4-6-17(13)18-7-15-8-20(26-11-19(15)22(25)21(18)23)28-16-10-27-29(12-16)14(2)9-24;1-14-5-3-4-6-19(14)16-7-17-9-22(25-12-20(17)21(24)8-16)27-18-11-26-28(13-18)15(2)10-23/h3-7,9-11,13H,26H2,1-2H3,(H,27,29);3*3-8,10-12,14H,25H2,1-2H3,(H,26,28);3-9,11-13,15H,24H2,1-2H3,(H,25,27)/t;;2*14-;15-/m..101/s1. The van der Waals surface area contributed by atoms with Gasteiger partial charge in [-0.2, -0.15) is 51.8 Å². The Morgan fingerprint density at radius 2 is 0.531 bits per heavy atom. The fourth-order valence-electron chi connectivity index (χ4n) is 16.3. The number of benzene rings is 10. The van der Waals surface area contributed by atoms with Crippen LogP contribution in [0.25, 0.3) is 109 Å². The summed E-state index contributed by atoms with van der Waals surface area (Å²) in [6, 6.07) is 69.0. The number of nitriles is 5. The van der Waals surface area contributed by atoms with Crippen LogP contribution in [0.2, 0.25) is 25.1 Å². The number of halogens is 5. The highest BCUT2D eigenvalue weighted by Crippen LogP contribution is 2.48. The van der Waals surface area contributed by atoms with Gasteiger partial charge in [0, 0.05) is 133 Å². The summed E-state index contributed by atoms with van der Waals surface area (Å²) in [5.41, 5.74) is 53.4. The number of nitrogen functional groups attached to an aromatic ring is 5. The molecule has 0 bridgehead atoms. The minimum absolute atomic E-state index is 0.323. The maximum absolute atomic E-state index is 9.04. The van der Waals surface area contributed by atoms with Gasteiger partial charge in [0.25, 0.3) is 0 Å². The van der Waals surface area contributed by atoms with Crippen LogP contribution in [0.5, 0.6) is 0 Å². The van der Waals surface area contributed by atoms with Crippen molar-refractivity contribution in [3.8, 4) is 86.0 Å². The molecule has 0 aliphatic heterocycles. The average Bonchev–Trinajstić information content (AvgIpc) is 1.52. The molecule has 0 aliphatic carbocycles. The minimum atomic E-state index is -0.363. The molecule has 2 unspecified atom stereocenters. The number of hydrogen-bond acceptors (Lipinski definition) is 25. The zero-order valence-corrected chi connectivity index (χ0v) is 83.9. The quantitative estimate of drug-likeness (QED) is 0.0317. The molecule has 20 aromatic rings. The molecule has 0 fully saturated rings. The molecule has 30 nitrogen and oxygen atoms in total. The maximum atomic E-state index is 9.04. The van der Waals surface area contributed by atoms with Crippen molar-refractivity contribution in [1.82, 2.24) is 73.8 Å². The summed E-state index contributed by atoms with van der Waals surface area (Å²) in [7, 11) is 0. The number of aromatic nitrogens is 15. The van der Waals surface area contributed by atoms with Gasteiger partial charge in [-0.1, -0.05) is 179 Å². The van der Waals surface area contributed by atoms with Crippen molar-refractivity contribution in [2.45, 2.75) is 99.4 Å². The number of aryl methyl sites for hydroxylation is 5. The van der Waals surface area contributed by atoms with Crippen LogP contribution in [-0.2, 0) is 0 Å². The Hall–Kier alpha value is -17.8. The number of fused-ring (bicyclic) bond motifs is 5. The Labute approximate surface area is 860 Å². The van der Waals surface area contributed by atoms with Crippen molar-refractivity contribution in [1.29, 1.82) is 26.3 Å². The van der Waals surface area contributed by atoms with Crippen molar-refractivity contribution in [3.63, 3.8) is 0 Å². The summed E-state index contributed by atoms with van der Waals surface area (Å²) in [5, 5.41) is 93.3. The predicted molar refractivity (Wildman–Crippen MR) is 586 cm³/mol. The van der Waals surface area contributed by atoms with Gasteiger partial charge in [-0.15, -0.1) is 0 Å². The van der Waals surface area contributed by atoms with Crippen molar-refractivity contribution < 1.29 is 0 Å². The molecule has 10 aromatic heterocycles. The van der Waals surface area contributed by atoms with E-state index in [-0.39, 0.29) is 30.2 Å². The first-order valence-corrected chi connectivity index (χ1v) is 47.5. The second kappa shape index (κ2) is 43.9. The molecule has 145 heavy (non-hydrogen) atoms. The van der Waals surface area contributed by atoms with Crippen LogP contribution in [0.15, 0.2) is 275 Å². The molecule has 10 heterocycles. The number of hydrogen-bond donors (Lipinski definition) is 10. The number of nitrogens with zero attached hydrogens (tertiary/aromatic N) is 20. The molecular weight excluding hydrogens is 1920 g/mol. The summed E-state index contributed by atoms with van der Waals surface area (Å²) in [6.45, 7) is 19.1. The highest BCUT2D eigenvalue weighted by atomic mass is 35.5. The van der Waals surface area contributed by atoms with Crippen LogP contribution < -0.4 is 55.3 Å². The second-order valence-corrected chi connectivity index (χ2v) is 36.4. The largest absolute Gasteiger partial charge is 0.398 e. The van der Waals surface area contributed by atoms with Gasteiger partial charge >= 0.3 is 0 Å². The van der Waals surface area contributed by atoms with Crippen molar-refractivity contribution in [3.05, 3.63) is 328 Å². The van der Waals surface area contributed by atoms with Crippen molar-refractivity contribution >= 4 is 198 Å². The number of rotatable bonds is 20. The van der Waals surface area contributed by atoms with Gasteiger partial charge < -0.3 is 55.3 Å². The van der Waals surface area contributed by atoms with E-state index < -0.39 is 0 Å². The summed E-state index contributed by atoms with van der Waals surface area (Å²) in [5.74, 6) is 3.19. The summed E-state index contributed by atoms with van der Waals surface area (Å²) < 4.78 is 7.96. The Morgan fingerprint density at radius 1 is 0.262 bits per heavy atom. The van der Waals surface area contributed by atoms with Gasteiger partial charge in [0.15, 0.2) is 0 Å². The summed E-state index contributed by atoms with van der Waals surface area (Å²) in [4.78, 5) is 22.2. The van der Waals surface area contributed by atoms with Crippen LogP contribution in [0.3, 0.4) is 0 Å². The first kappa shape index (κ1) is 100. The van der Waals surface area contributed by atoms with E-state index in [9.17, 15) is 0 Å². The molecule has 35 heteroatoms. The smallest absolute Gasteiger partial charge is 0.135 e. The first-order chi connectivity index (χ1) is 69.9. The van der Waals surface area contributed by atoms with Gasteiger partial charge in [0.1, 0.15) is 59.3 Å². The first-order valence-electron chi connectivity index (χ1n) is 45.6. The lowest BCUT2D eigenvalue weighted by Crippen LogP contribution is -2.02. The normalized spacial score (nSPS) is 11.9.